The molecule has 1 rings (SSSR count). The first-order chi connectivity index (χ1) is 11.2. The van der Waals surface area contributed by atoms with Gasteiger partial charge in [0, 0.05) is 13.7 Å². The Hall–Kier alpha value is -1.26. The molecule has 0 aromatic heterocycles. The van der Waals surface area contributed by atoms with E-state index in [4.69, 9.17) is 25.8 Å². The summed E-state index contributed by atoms with van der Waals surface area (Å²) in [6.45, 7) is 3.94. The van der Waals surface area contributed by atoms with Crippen molar-refractivity contribution in [1.82, 2.24) is 0 Å². The third-order valence-corrected chi connectivity index (χ3v) is 3.69. The molecule has 0 saturated carbocycles. The summed E-state index contributed by atoms with van der Waals surface area (Å²) in [5.74, 6) is 0.263. The molecule has 0 heterocycles. The van der Waals surface area contributed by atoms with E-state index >= 15 is 0 Å². The molecule has 0 radical (unpaired) electrons. The molecule has 0 saturated heterocycles. The summed E-state index contributed by atoms with van der Waals surface area (Å²) in [4.78, 5) is 12.0. The van der Waals surface area contributed by atoms with Crippen LogP contribution in [0.2, 0.25) is 5.02 Å². The summed E-state index contributed by atoms with van der Waals surface area (Å²) in [6, 6.07) is 5.01. The van der Waals surface area contributed by atoms with Gasteiger partial charge in [0.2, 0.25) is 0 Å². The van der Waals surface area contributed by atoms with E-state index in [1.165, 1.54) is 0 Å². The number of ether oxygens (including phenoxy) is 3. The Kier molecular flexibility index (Phi) is 10.5. The predicted molar refractivity (Wildman–Crippen MR) is 92.5 cm³/mol. The monoisotopic (exact) mass is 342 g/mol. The van der Waals surface area contributed by atoms with Crippen molar-refractivity contribution in [2.75, 3.05) is 26.9 Å². The lowest BCUT2D eigenvalue weighted by molar-refractivity contribution is 0.0497. The van der Waals surface area contributed by atoms with E-state index in [9.17, 15) is 4.79 Å². The number of hydrogen-bond acceptors (Lipinski definition) is 4. The van der Waals surface area contributed by atoms with Crippen LogP contribution in [0.1, 0.15) is 55.8 Å². The Balaban J connectivity index is 2.31. The van der Waals surface area contributed by atoms with Crippen molar-refractivity contribution in [3.63, 3.8) is 0 Å². The van der Waals surface area contributed by atoms with Crippen molar-refractivity contribution in [2.24, 2.45) is 0 Å². The summed E-state index contributed by atoms with van der Waals surface area (Å²) in [5.41, 5.74) is 0.456. The van der Waals surface area contributed by atoms with E-state index in [1.54, 1.807) is 25.3 Å². The zero-order chi connectivity index (χ0) is 16.9. The highest BCUT2D eigenvalue weighted by atomic mass is 35.5. The van der Waals surface area contributed by atoms with Crippen molar-refractivity contribution >= 4 is 17.6 Å². The maximum atomic E-state index is 12.0. The van der Waals surface area contributed by atoms with Gasteiger partial charge in [-0.25, -0.2) is 4.79 Å². The van der Waals surface area contributed by atoms with Crippen LogP contribution in [0.5, 0.6) is 5.75 Å². The average molecular weight is 343 g/mol. The maximum Gasteiger partial charge on any atom is 0.338 e. The largest absolute Gasteiger partial charge is 0.492 e. The molecule has 0 bridgehead atoms. The first kappa shape index (κ1) is 19.8. The van der Waals surface area contributed by atoms with E-state index in [1.807, 2.05) is 0 Å². The van der Waals surface area contributed by atoms with Gasteiger partial charge in [-0.1, -0.05) is 31.4 Å². The standard InChI is InChI=1S/C18H27ClO4/c1-3-4-12-22-17-10-9-15(14-16(17)19)18(20)23-13-8-6-5-7-11-21-2/h9-10,14H,3-8,11-13H2,1-2H3. The van der Waals surface area contributed by atoms with Gasteiger partial charge in [0.1, 0.15) is 5.75 Å². The fourth-order valence-electron chi connectivity index (χ4n) is 2.02. The molecule has 1 aromatic rings. The molecule has 1 aromatic carbocycles. The normalized spacial score (nSPS) is 10.6. The highest BCUT2D eigenvalue weighted by Gasteiger charge is 2.10. The van der Waals surface area contributed by atoms with Crippen molar-refractivity contribution in [2.45, 2.75) is 45.4 Å². The number of carbonyl (C=O) groups excluding carboxylic acids is 1. The van der Waals surface area contributed by atoms with Crippen LogP contribution in [0.3, 0.4) is 0 Å². The molecule has 4 nitrogen and oxygen atoms in total. The molecule has 0 amide bonds. The molecule has 0 fully saturated rings. The Labute approximate surface area is 144 Å². The molecule has 0 unspecified atom stereocenters. The average Bonchev–Trinajstić information content (AvgIpc) is 2.55. The van der Waals surface area contributed by atoms with Crippen molar-refractivity contribution in [1.29, 1.82) is 0 Å². The number of esters is 1. The zero-order valence-electron chi connectivity index (χ0n) is 14.1. The first-order valence-corrected chi connectivity index (χ1v) is 8.65. The van der Waals surface area contributed by atoms with Crippen molar-refractivity contribution in [3.8, 4) is 5.75 Å². The van der Waals surface area contributed by atoms with E-state index < -0.39 is 0 Å². The minimum absolute atomic E-state index is 0.344. The van der Waals surface area contributed by atoms with Gasteiger partial charge < -0.3 is 14.2 Å². The molecule has 0 aliphatic heterocycles. The molecule has 0 aliphatic rings. The Bertz CT molecular complexity index is 462. The summed E-state index contributed by atoms with van der Waals surface area (Å²) in [5, 5.41) is 0.440. The lowest BCUT2D eigenvalue weighted by Gasteiger charge is -2.09. The third kappa shape index (κ3) is 8.24. The molecule has 0 atom stereocenters. The Morgan fingerprint density at radius 1 is 1.04 bits per heavy atom. The number of benzene rings is 1. The first-order valence-electron chi connectivity index (χ1n) is 8.27. The maximum absolute atomic E-state index is 12.0. The van der Waals surface area contributed by atoms with Gasteiger partial charge >= 0.3 is 5.97 Å². The number of halogens is 1. The van der Waals surface area contributed by atoms with E-state index in [0.29, 0.717) is 29.5 Å². The van der Waals surface area contributed by atoms with Crippen LogP contribution in [-0.4, -0.2) is 32.9 Å². The lowest BCUT2D eigenvalue weighted by atomic mass is 10.2. The fourth-order valence-corrected chi connectivity index (χ4v) is 2.26. The molecule has 23 heavy (non-hydrogen) atoms. The smallest absolute Gasteiger partial charge is 0.338 e. The van der Waals surface area contributed by atoms with Crippen LogP contribution in [-0.2, 0) is 9.47 Å². The topological polar surface area (TPSA) is 44.8 Å². The molecule has 5 heteroatoms. The molecular weight excluding hydrogens is 316 g/mol. The Morgan fingerprint density at radius 3 is 2.43 bits per heavy atom. The minimum atomic E-state index is -0.344. The van der Waals surface area contributed by atoms with Gasteiger partial charge in [-0.15, -0.1) is 0 Å². The third-order valence-electron chi connectivity index (χ3n) is 3.40. The predicted octanol–water partition coefficient (Wildman–Crippen LogP) is 4.88. The second-order valence-electron chi connectivity index (χ2n) is 5.39. The second-order valence-corrected chi connectivity index (χ2v) is 5.80. The fraction of sp³-hybridized carbons (Fsp3) is 0.611. The molecule has 130 valence electrons. The van der Waals surface area contributed by atoms with Crippen LogP contribution in [0.4, 0.5) is 0 Å². The van der Waals surface area contributed by atoms with Gasteiger partial charge in [0.05, 0.1) is 23.8 Å². The number of unbranched alkanes of at least 4 members (excludes halogenated alkanes) is 4. The Morgan fingerprint density at radius 2 is 1.78 bits per heavy atom. The number of methoxy groups -OCH3 is 1. The quantitative estimate of drug-likeness (QED) is 0.401. The van der Waals surface area contributed by atoms with Gasteiger partial charge in [-0.05, 0) is 43.9 Å². The van der Waals surface area contributed by atoms with Crippen LogP contribution >= 0.6 is 11.6 Å². The molecular formula is C18H27ClO4. The highest BCUT2D eigenvalue weighted by molar-refractivity contribution is 6.32. The SMILES string of the molecule is CCCCOc1ccc(C(=O)OCCCCCCOC)cc1Cl. The van der Waals surface area contributed by atoms with Crippen LogP contribution in [0.25, 0.3) is 0 Å². The van der Waals surface area contributed by atoms with Gasteiger partial charge in [-0.2, -0.15) is 0 Å². The molecule has 0 spiro atoms. The van der Waals surface area contributed by atoms with E-state index in [-0.39, 0.29) is 5.97 Å². The van der Waals surface area contributed by atoms with Gasteiger partial charge in [0.15, 0.2) is 0 Å². The highest BCUT2D eigenvalue weighted by Crippen LogP contribution is 2.26. The van der Waals surface area contributed by atoms with Crippen molar-refractivity contribution in [3.05, 3.63) is 28.8 Å². The molecule has 0 N–H and O–H groups in total. The van der Waals surface area contributed by atoms with E-state index in [0.717, 1.165) is 45.1 Å². The van der Waals surface area contributed by atoms with Gasteiger partial charge in [0.25, 0.3) is 0 Å². The zero-order valence-corrected chi connectivity index (χ0v) is 14.9. The van der Waals surface area contributed by atoms with Crippen LogP contribution < -0.4 is 4.74 Å². The summed E-state index contributed by atoms with van der Waals surface area (Å²) >= 11 is 6.14. The minimum Gasteiger partial charge on any atom is -0.492 e. The summed E-state index contributed by atoms with van der Waals surface area (Å²) in [6.07, 6.45) is 6.06. The number of rotatable bonds is 12. The van der Waals surface area contributed by atoms with Crippen molar-refractivity contribution < 1.29 is 19.0 Å². The van der Waals surface area contributed by atoms with Crippen LogP contribution in [0.15, 0.2) is 18.2 Å². The van der Waals surface area contributed by atoms with E-state index in [2.05, 4.69) is 6.92 Å². The molecule has 0 aliphatic carbocycles. The van der Waals surface area contributed by atoms with Gasteiger partial charge in [-0.3, -0.25) is 0 Å². The number of carbonyl (C=O) groups is 1. The summed E-state index contributed by atoms with van der Waals surface area (Å²) in [7, 11) is 1.70. The summed E-state index contributed by atoms with van der Waals surface area (Å²) < 4.78 is 15.8. The lowest BCUT2D eigenvalue weighted by Crippen LogP contribution is -2.07. The number of hydrogen-bond donors (Lipinski definition) is 0. The second kappa shape index (κ2) is 12.2. The van der Waals surface area contributed by atoms with Crippen LogP contribution in [0, 0.1) is 0 Å².